The van der Waals surface area contributed by atoms with Gasteiger partial charge in [-0.05, 0) is 24.1 Å². The highest BCUT2D eigenvalue weighted by Crippen LogP contribution is 2.17. The molecule has 0 aliphatic heterocycles. The van der Waals surface area contributed by atoms with Crippen molar-refractivity contribution in [1.29, 1.82) is 0 Å². The molecule has 2 aromatic rings. The molecule has 0 spiro atoms. The molecular weight excluding hydrogens is 182 g/mol. The van der Waals surface area contributed by atoms with Crippen molar-refractivity contribution in [2.24, 2.45) is 0 Å². The third kappa shape index (κ3) is 2.44. The van der Waals surface area contributed by atoms with Crippen molar-refractivity contribution >= 4 is 0 Å². The maximum atomic E-state index is 4.32. The number of aromatic nitrogens is 1. The van der Waals surface area contributed by atoms with Crippen molar-refractivity contribution < 1.29 is 0 Å². The fraction of sp³-hybridized carbons (Fsp3) is 0.214. The van der Waals surface area contributed by atoms with E-state index in [1.54, 1.807) is 0 Å². The predicted molar refractivity (Wildman–Crippen MR) is 63.7 cm³/mol. The van der Waals surface area contributed by atoms with Gasteiger partial charge in [0, 0.05) is 11.8 Å². The second kappa shape index (κ2) is 4.74. The first-order chi connectivity index (χ1) is 7.40. The van der Waals surface area contributed by atoms with Crippen molar-refractivity contribution in [3.63, 3.8) is 0 Å². The zero-order valence-electron chi connectivity index (χ0n) is 8.98. The van der Waals surface area contributed by atoms with Gasteiger partial charge in [0.1, 0.15) is 0 Å². The quantitative estimate of drug-likeness (QED) is 0.731. The highest BCUT2D eigenvalue weighted by Gasteiger charge is 1.97. The topological polar surface area (TPSA) is 12.9 Å². The van der Waals surface area contributed by atoms with Crippen molar-refractivity contribution in [2.45, 2.75) is 19.8 Å². The lowest BCUT2D eigenvalue weighted by atomic mass is 10.1. The van der Waals surface area contributed by atoms with Crippen LogP contribution in [0.1, 0.15) is 18.9 Å². The first kappa shape index (κ1) is 9.91. The van der Waals surface area contributed by atoms with Crippen LogP contribution < -0.4 is 0 Å². The smallest absolute Gasteiger partial charge is 0.0701 e. The fourth-order valence-electron chi connectivity index (χ4n) is 1.66. The van der Waals surface area contributed by atoms with Gasteiger partial charge in [0.05, 0.1) is 5.69 Å². The van der Waals surface area contributed by atoms with E-state index < -0.39 is 0 Å². The molecule has 0 N–H and O–H groups in total. The number of benzene rings is 1. The molecule has 15 heavy (non-hydrogen) atoms. The third-order valence-electron chi connectivity index (χ3n) is 2.45. The Hall–Kier alpha value is -1.63. The molecule has 0 aliphatic carbocycles. The first-order valence-electron chi connectivity index (χ1n) is 5.40. The van der Waals surface area contributed by atoms with Crippen LogP contribution in [0.4, 0.5) is 0 Å². The average molecular weight is 197 g/mol. The van der Waals surface area contributed by atoms with Crippen LogP contribution in [0.5, 0.6) is 0 Å². The monoisotopic (exact) mass is 197 g/mol. The van der Waals surface area contributed by atoms with Gasteiger partial charge in [0.2, 0.25) is 0 Å². The van der Waals surface area contributed by atoms with Crippen molar-refractivity contribution in [3.05, 3.63) is 54.2 Å². The Bertz CT molecular complexity index is 403. The van der Waals surface area contributed by atoms with Gasteiger partial charge in [-0.2, -0.15) is 0 Å². The molecule has 1 aromatic carbocycles. The molecule has 0 atom stereocenters. The Morgan fingerprint density at radius 1 is 1.00 bits per heavy atom. The minimum atomic E-state index is 1.04. The van der Waals surface area contributed by atoms with Crippen molar-refractivity contribution in [3.8, 4) is 11.3 Å². The van der Waals surface area contributed by atoms with Crippen LogP contribution in [0.15, 0.2) is 48.7 Å². The molecule has 0 bridgehead atoms. The summed E-state index contributed by atoms with van der Waals surface area (Å²) in [4.78, 5) is 4.32. The van der Waals surface area contributed by atoms with E-state index in [0.717, 1.165) is 12.1 Å². The average Bonchev–Trinajstić information content (AvgIpc) is 2.32. The van der Waals surface area contributed by atoms with E-state index in [2.05, 4.69) is 36.2 Å². The molecule has 0 radical (unpaired) electrons. The summed E-state index contributed by atoms with van der Waals surface area (Å²) in [5.74, 6) is 0. The summed E-state index contributed by atoms with van der Waals surface area (Å²) >= 11 is 0. The molecule has 0 unspecified atom stereocenters. The fourth-order valence-corrected chi connectivity index (χ4v) is 1.66. The second-order valence-corrected chi connectivity index (χ2v) is 3.66. The largest absolute Gasteiger partial charge is 0.256 e. The van der Waals surface area contributed by atoms with Crippen LogP contribution in [-0.2, 0) is 6.42 Å². The minimum Gasteiger partial charge on any atom is -0.256 e. The third-order valence-corrected chi connectivity index (χ3v) is 2.45. The summed E-state index contributed by atoms with van der Waals surface area (Å²) in [6, 6.07) is 14.7. The molecule has 0 saturated heterocycles. The molecule has 76 valence electrons. The molecule has 2 rings (SSSR count). The van der Waals surface area contributed by atoms with Gasteiger partial charge in [-0.15, -0.1) is 0 Å². The normalized spacial score (nSPS) is 10.2. The van der Waals surface area contributed by atoms with Gasteiger partial charge in [0.25, 0.3) is 0 Å². The minimum absolute atomic E-state index is 1.04. The van der Waals surface area contributed by atoms with Gasteiger partial charge < -0.3 is 0 Å². The number of rotatable bonds is 3. The number of hydrogen-bond acceptors (Lipinski definition) is 1. The number of hydrogen-bond donors (Lipinski definition) is 0. The number of aryl methyl sites for hydroxylation is 1. The molecule has 1 aromatic heterocycles. The lowest BCUT2D eigenvalue weighted by molar-refractivity contribution is 0.922. The van der Waals surface area contributed by atoms with Crippen LogP contribution in [0.25, 0.3) is 11.3 Å². The summed E-state index contributed by atoms with van der Waals surface area (Å²) in [5.41, 5.74) is 3.63. The number of nitrogens with zero attached hydrogens (tertiary/aromatic N) is 1. The Morgan fingerprint density at radius 2 is 1.80 bits per heavy atom. The van der Waals surface area contributed by atoms with E-state index in [-0.39, 0.29) is 0 Å². The van der Waals surface area contributed by atoms with Crippen LogP contribution in [0.3, 0.4) is 0 Å². The Morgan fingerprint density at radius 3 is 2.40 bits per heavy atom. The highest BCUT2D eigenvalue weighted by atomic mass is 14.7. The van der Waals surface area contributed by atoms with Gasteiger partial charge in [-0.1, -0.05) is 43.7 Å². The summed E-state index contributed by atoms with van der Waals surface area (Å²) in [6.07, 6.45) is 4.18. The second-order valence-electron chi connectivity index (χ2n) is 3.66. The van der Waals surface area contributed by atoms with Gasteiger partial charge >= 0.3 is 0 Å². The van der Waals surface area contributed by atoms with E-state index in [1.165, 1.54) is 17.5 Å². The first-order valence-corrected chi connectivity index (χ1v) is 5.40. The van der Waals surface area contributed by atoms with Gasteiger partial charge in [-0.3, -0.25) is 4.98 Å². The van der Waals surface area contributed by atoms with E-state index in [1.807, 2.05) is 24.4 Å². The van der Waals surface area contributed by atoms with Gasteiger partial charge in [0.15, 0.2) is 0 Å². The van der Waals surface area contributed by atoms with Crippen LogP contribution in [-0.4, -0.2) is 4.98 Å². The molecule has 1 heterocycles. The predicted octanol–water partition coefficient (Wildman–Crippen LogP) is 3.70. The van der Waals surface area contributed by atoms with Crippen LogP contribution in [0.2, 0.25) is 0 Å². The Balaban J connectivity index is 2.24. The van der Waals surface area contributed by atoms with E-state index in [0.29, 0.717) is 0 Å². The lowest BCUT2D eigenvalue weighted by Crippen LogP contribution is -1.85. The standard InChI is InChI=1S/C14H15N/c1-2-5-12-7-9-13(10-8-12)14-6-3-4-11-15-14/h3-4,6-11H,2,5H2,1H3. The van der Waals surface area contributed by atoms with Gasteiger partial charge in [-0.25, -0.2) is 0 Å². The Labute approximate surface area is 90.8 Å². The zero-order chi connectivity index (χ0) is 10.5. The van der Waals surface area contributed by atoms with Crippen molar-refractivity contribution in [1.82, 2.24) is 4.98 Å². The summed E-state index contributed by atoms with van der Waals surface area (Å²) in [7, 11) is 0. The maximum absolute atomic E-state index is 4.32. The van der Waals surface area contributed by atoms with E-state index >= 15 is 0 Å². The lowest BCUT2D eigenvalue weighted by Gasteiger charge is -2.02. The van der Waals surface area contributed by atoms with Crippen molar-refractivity contribution in [2.75, 3.05) is 0 Å². The molecule has 0 saturated carbocycles. The zero-order valence-corrected chi connectivity index (χ0v) is 8.98. The molecule has 1 nitrogen and oxygen atoms in total. The molecule has 1 heteroatoms. The SMILES string of the molecule is CCCc1ccc(-c2ccccn2)cc1. The summed E-state index contributed by atoms with van der Waals surface area (Å²) in [5, 5.41) is 0. The summed E-state index contributed by atoms with van der Waals surface area (Å²) in [6.45, 7) is 2.20. The molecule has 0 fully saturated rings. The molecule has 0 aliphatic rings. The summed E-state index contributed by atoms with van der Waals surface area (Å²) < 4.78 is 0. The van der Waals surface area contributed by atoms with Crippen LogP contribution in [0, 0.1) is 0 Å². The van der Waals surface area contributed by atoms with E-state index in [4.69, 9.17) is 0 Å². The van der Waals surface area contributed by atoms with Crippen LogP contribution >= 0.6 is 0 Å². The van der Waals surface area contributed by atoms with E-state index in [9.17, 15) is 0 Å². The molecule has 0 amide bonds. The Kier molecular flexibility index (Phi) is 3.13. The maximum Gasteiger partial charge on any atom is 0.0701 e. The highest BCUT2D eigenvalue weighted by molar-refractivity contribution is 5.58. The molecular formula is C14H15N. The number of pyridine rings is 1.